The minimum absolute atomic E-state index is 0.240. The maximum absolute atomic E-state index is 5.90. The maximum atomic E-state index is 5.90. The molecule has 4 heteroatoms. The Kier molecular flexibility index (Phi) is 4.09. The molecular weight excluding hydrogens is 280 g/mol. The molecule has 2 aromatic carbocycles. The highest BCUT2D eigenvalue weighted by Gasteiger charge is 2.21. The lowest BCUT2D eigenvalue weighted by Crippen LogP contribution is -1.99. The molecule has 0 radical (unpaired) electrons. The van der Waals surface area contributed by atoms with Gasteiger partial charge in [0, 0.05) is 20.4 Å². The van der Waals surface area contributed by atoms with E-state index in [1.165, 1.54) is 0 Å². The molecular formula is C15H13ClO2S. The molecule has 0 aliphatic carbocycles. The first-order valence-electron chi connectivity index (χ1n) is 6.08. The van der Waals surface area contributed by atoms with Crippen molar-refractivity contribution in [1.82, 2.24) is 0 Å². The summed E-state index contributed by atoms with van der Waals surface area (Å²) in [6.45, 7) is 1.31. The zero-order valence-corrected chi connectivity index (χ0v) is 11.8. The molecule has 0 saturated carbocycles. The van der Waals surface area contributed by atoms with Gasteiger partial charge >= 0.3 is 0 Å². The Morgan fingerprint density at radius 1 is 0.947 bits per heavy atom. The zero-order valence-electron chi connectivity index (χ0n) is 10.2. The fourth-order valence-electron chi connectivity index (χ4n) is 1.94. The molecule has 3 rings (SSSR count). The van der Waals surface area contributed by atoms with E-state index in [9.17, 15) is 0 Å². The lowest BCUT2D eigenvalue weighted by atomic mass is 10.2. The van der Waals surface area contributed by atoms with Crippen LogP contribution < -0.4 is 0 Å². The Morgan fingerprint density at radius 3 is 2.37 bits per heavy atom. The van der Waals surface area contributed by atoms with Crippen molar-refractivity contribution in [2.45, 2.75) is 16.1 Å². The van der Waals surface area contributed by atoms with Crippen LogP contribution in [0.25, 0.3) is 0 Å². The second-order valence-corrected chi connectivity index (χ2v) is 5.72. The molecule has 0 N–H and O–H groups in total. The summed E-state index contributed by atoms with van der Waals surface area (Å²) in [6, 6.07) is 16.0. The summed E-state index contributed by atoms with van der Waals surface area (Å²) in [5.41, 5.74) is 1.08. The van der Waals surface area contributed by atoms with Crippen molar-refractivity contribution in [1.29, 1.82) is 0 Å². The molecule has 0 unspecified atom stereocenters. The van der Waals surface area contributed by atoms with Crippen LogP contribution in [0.1, 0.15) is 11.9 Å². The molecule has 0 atom stereocenters. The Morgan fingerprint density at radius 2 is 1.63 bits per heavy atom. The molecule has 1 fully saturated rings. The lowest BCUT2D eigenvalue weighted by molar-refractivity contribution is -0.0460. The highest BCUT2D eigenvalue weighted by Crippen LogP contribution is 2.36. The van der Waals surface area contributed by atoms with Gasteiger partial charge in [-0.1, -0.05) is 41.6 Å². The molecule has 1 aliphatic rings. The van der Waals surface area contributed by atoms with Crippen molar-refractivity contribution >= 4 is 23.4 Å². The van der Waals surface area contributed by atoms with Crippen molar-refractivity contribution in [3.8, 4) is 0 Å². The van der Waals surface area contributed by atoms with E-state index < -0.39 is 0 Å². The average Bonchev–Trinajstić information content (AvgIpc) is 2.96. The van der Waals surface area contributed by atoms with Crippen LogP contribution in [-0.2, 0) is 9.47 Å². The number of hydrogen-bond acceptors (Lipinski definition) is 3. The van der Waals surface area contributed by atoms with Crippen molar-refractivity contribution in [2.24, 2.45) is 0 Å². The summed E-state index contributed by atoms with van der Waals surface area (Å²) in [6.07, 6.45) is -0.240. The Balaban J connectivity index is 1.85. The molecule has 1 aliphatic heterocycles. The normalized spacial score (nSPS) is 15.8. The summed E-state index contributed by atoms with van der Waals surface area (Å²) in [4.78, 5) is 2.30. The molecule has 2 nitrogen and oxygen atoms in total. The Hall–Kier alpha value is -1.00. The van der Waals surface area contributed by atoms with Gasteiger partial charge in [-0.2, -0.15) is 0 Å². The molecule has 2 aromatic rings. The Bertz CT molecular complexity index is 550. The van der Waals surface area contributed by atoms with Gasteiger partial charge < -0.3 is 9.47 Å². The molecule has 1 saturated heterocycles. The first-order chi connectivity index (χ1) is 9.33. The first kappa shape index (κ1) is 13.0. The number of halogens is 1. The van der Waals surface area contributed by atoms with E-state index in [-0.39, 0.29) is 6.29 Å². The molecule has 0 amide bonds. The Labute approximate surface area is 121 Å². The zero-order chi connectivity index (χ0) is 13.1. The van der Waals surface area contributed by atoms with Gasteiger partial charge in [0.05, 0.1) is 13.2 Å². The van der Waals surface area contributed by atoms with Gasteiger partial charge in [0.2, 0.25) is 0 Å². The van der Waals surface area contributed by atoms with Crippen LogP contribution in [0, 0.1) is 0 Å². The highest BCUT2D eigenvalue weighted by molar-refractivity contribution is 7.99. The topological polar surface area (TPSA) is 18.5 Å². The van der Waals surface area contributed by atoms with Gasteiger partial charge in [-0.3, -0.25) is 0 Å². The van der Waals surface area contributed by atoms with Gasteiger partial charge in [0.15, 0.2) is 6.29 Å². The van der Waals surface area contributed by atoms with Crippen molar-refractivity contribution in [3.05, 3.63) is 59.1 Å². The third-order valence-electron chi connectivity index (χ3n) is 2.84. The van der Waals surface area contributed by atoms with Gasteiger partial charge in [-0.05, 0) is 30.3 Å². The van der Waals surface area contributed by atoms with E-state index in [0.29, 0.717) is 13.2 Å². The van der Waals surface area contributed by atoms with Crippen LogP contribution in [-0.4, -0.2) is 13.2 Å². The highest BCUT2D eigenvalue weighted by atomic mass is 35.5. The van der Waals surface area contributed by atoms with Crippen molar-refractivity contribution in [2.75, 3.05) is 13.2 Å². The summed E-state index contributed by atoms with van der Waals surface area (Å²) in [5.74, 6) is 0. The van der Waals surface area contributed by atoms with E-state index in [4.69, 9.17) is 21.1 Å². The van der Waals surface area contributed by atoms with E-state index in [2.05, 4.69) is 6.07 Å². The van der Waals surface area contributed by atoms with Gasteiger partial charge in [0.1, 0.15) is 0 Å². The van der Waals surface area contributed by atoms with Crippen LogP contribution in [0.2, 0.25) is 5.02 Å². The van der Waals surface area contributed by atoms with Crippen LogP contribution in [0.4, 0.5) is 0 Å². The fourth-order valence-corrected chi connectivity index (χ4v) is 3.02. The predicted molar refractivity (Wildman–Crippen MR) is 76.7 cm³/mol. The third-order valence-corrected chi connectivity index (χ3v) is 4.19. The van der Waals surface area contributed by atoms with Crippen LogP contribution in [0.3, 0.4) is 0 Å². The van der Waals surface area contributed by atoms with Gasteiger partial charge in [-0.25, -0.2) is 0 Å². The second-order valence-electron chi connectivity index (χ2n) is 4.17. The molecule has 0 aromatic heterocycles. The standard InChI is InChI=1S/C15H13ClO2S/c16-11-5-7-12(8-6-11)19-14-4-2-1-3-13(14)15-17-9-10-18-15/h1-8,15H,9-10H2. The smallest absolute Gasteiger partial charge is 0.185 e. The van der Waals surface area contributed by atoms with E-state index in [1.807, 2.05) is 42.5 Å². The largest absolute Gasteiger partial charge is 0.346 e. The van der Waals surface area contributed by atoms with Crippen LogP contribution >= 0.6 is 23.4 Å². The SMILES string of the molecule is Clc1ccc(Sc2ccccc2C2OCCO2)cc1. The first-order valence-corrected chi connectivity index (χ1v) is 7.28. The number of benzene rings is 2. The monoisotopic (exact) mass is 292 g/mol. The number of hydrogen-bond donors (Lipinski definition) is 0. The molecule has 19 heavy (non-hydrogen) atoms. The van der Waals surface area contributed by atoms with Gasteiger partial charge in [-0.15, -0.1) is 0 Å². The van der Waals surface area contributed by atoms with Crippen LogP contribution in [0.15, 0.2) is 58.3 Å². The third kappa shape index (κ3) is 3.12. The van der Waals surface area contributed by atoms with E-state index in [1.54, 1.807) is 11.8 Å². The summed E-state index contributed by atoms with van der Waals surface area (Å²) in [5, 5.41) is 0.750. The lowest BCUT2D eigenvalue weighted by Gasteiger charge is -2.14. The van der Waals surface area contributed by atoms with E-state index in [0.717, 1.165) is 20.4 Å². The molecule has 1 heterocycles. The summed E-state index contributed by atoms with van der Waals surface area (Å²) < 4.78 is 11.2. The number of rotatable bonds is 3. The van der Waals surface area contributed by atoms with Crippen LogP contribution in [0.5, 0.6) is 0 Å². The van der Waals surface area contributed by atoms with E-state index >= 15 is 0 Å². The quantitative estimate of drug-likeness (QED) is 0.827. The van der Waals surface area contributed by atoms with Gasteiger partial charge in [0.25, 0.3) is 0 Å². The molecule has 0 spiro atoms. The predicted octanol–water partition coefficient (Wildman–Crippen LogP) is 4.54. The second kappa shape index (κ2) is 5.97. The molecule has 0 bridgehead atoms. The maximum Gasteiger partial charge on any atom is 0.185 e. The van der Waals surface area contributed by atoms with Crippen molar-refractivity contribution in [3.63, 3.8) is 0 Å². The average molecular weight is 293 g/mol. The number of ether oxygens (including phenoxy) is 2. The summed E-state index contributed by atoms with van der Waals surface area (Å²) >= 11 is 7.59. The fraction of sp³-hybridized carbons (Fsp3) is 0.200. The summed E-state index contributed by atoms with van der Waals surface area (Å²) in [7, 11) is 0. The minimum Gasteiger partial charge on any atom is -0.346 e. The van der Waals surface area contributed by atoms with Crippen molar-refractivity contribution < 1.29 is 9.47 Å². The minimum atomic E-state index is -0.240. The molecule has 98 valence electrons.